The van der Waals surface area contributed by atoms with Crippen molar-refractivity contribution in [3.63, 3.8) is 0 Å². The van der Waals surface area contributed by atoms with Crippen molar-refractivity contribution in [3.05, 3.63) is 60.2 Å². The summed E-state index contributed by atoms with van der Waals surface area (Å²) in [5, 5.41) is 2.84. The van der Waals surface area contributed by atoms with Crippen LogP contribution in [0.1, 0.15) is 19.8 Å². The van der Waals surface area contributed by atoms with E-state index in [9.17, 15) is 0 Å². The third-order valence-corrected chi connectivity index (χ3v) is 4.97. The Morgan fingerprint density at radius 2 is 2.40 bits per heavy atom. The molecular weight excluding hydrogens is 199 g/mol. The van der Waals surface area contributed by atoms with Crippen LogP contribution in [-0.4, -0.2) is 6.16 Å². The monoisotopic (exact) mass is 218 g/mol. The fourth-order valence-corrected chi connectivity index (χ4v) is 3.79. The molecule has 0 fully saturated rings. The van der Waals surface area contributed by atoms with Crippen LogP contribution >= 0.6 is 7.92 Å². The molecule has 0 aromatic heterocycles. The molecule has 1 rings (SSSR count). The molecule has 15 heavy (non-hydrogen) atoms. The molecule has 80 valence electrons. The molecule has 0 bridgehead atoms. The van der Waals surface area contributed by atoms with E-state index in [1.165, 1.54) is 24.3 Å². The normalized spacial score (nSPS) is 17.5. The van der Waals surface area contributed by atoms with E-state index in [1.807, 2.05) is 12.2 Å². The maximum atomic E-state index is 4.17. The Balaban J connectivity index is 2.74. The van der Waals surface area contributed by atoms with Gasteiger partial charge < -0.3 is 0 Å². The van der Waals surface area contributed by atoms with Crippen LogP contribution in [0.2, 0.25) is 0 Å². The van der Waals surface area contributed by atoms with Crippen LogP contribution in [0.3, 0.4) is 0 Å². The first-order valence-corrected chi connectivity index (χ1v) is 6.93. The maximum Gasteiger partial charge on any atom is -0.0236 e. The van der Waals surface area contributed by atoms with Crippen molar-refractivity contribution in [3.8, 4) is 0 Å². The fraction of sp³-hybridized carbons (Fsp3) is 0.286. The smallest absolute Gasteiger partial charge is 0.0236 e. The summed E-state index contributed by atoms with van der Waals surface area (Å²) < 4.78 is 0. The van der Waals surface area contributed by atoms with E-state index in [0.29, 0.717) is 0 Å². The van der Waals surface area contributed by atoms with E-state index < -0.39 is 0 Å². The van der Waals surface area contributed by atoms with Crippen molar-refractivity contribution in [2.45, 2.75) is 19.8 Å². The van der Waals surface area contributed by atoms with Gasteiger partial charge in [-0.15, -0.1) is 0 Å². The fourth-order valence-electron chi connectivity index (χ4n) is 1.67. The minimum Gasteiger partial charge on any atom is -0.0991 e. The van der Waals surface area contributed by atoms with Gasteiger partial charge in [0.2, 0.25) is 0 Å². The second-order valence-corrected chi connectivity index (χ2v) is 6.09. The van der Waals surface area contributed by atoms with Crippen molar-refractivity contribution < 1.29 is 0 Å². The molecule has 1 aliphatic rings. The molecule has 0 N–H and O–H groups in total. The van der Waals surface area contributed by atoms with Gasteiger partial charge in [0.1, 0.15) is 0 Å². The number of allylic oxidation sites excluding steroid dienone is 8. The molecule has 1 unspecified atom stereocenters. The lowest BCUT2D eigenvalue weighted by atomic mass is 10.2. The van der Waals surface area contributed by atoms with Crippen molar-refractivity contribution in [2.75, 3.05) is 6.16 Å². The summed E-state index contributed by atoms with van der Waals surface area (Å²) >= 11 is 0. The zero-order valence-corrected chi connectivity index (χ0v) is 10.3. The third-order valence-electron chi connectivity index (χ3n) is 2.43. The average molecular weight is 218 g/mol. The molecule has 0 saturated carbocycles. The van der Waals surface area contributed by atoms with Crippen molar-refractivity contribution >= 4 is 7.92 Å². The topological polar surface area (TPSA) is 0 Å². The minimum atomic E-state index is -0.169. The Labute approximate surface area is 94.5 Å². The highest BCUT2D eigenvalue weighted by Gasteiger charge is 2.13. The molecule has 0 spiro atoms. The van der Waals surface area contributed by atoms with Crippen molar-refractivity contribution in [1.29, 1.82) is 0 Å². The van der Waals surface area contributed by atoms with Gasteiger partial charge in [-0.25, -0.2) is 0 Å². The summed E-state index contributed by atoms with van der Waals surface area (Å²) in [7, 11) is -0.169. The van der Waals surface area contributed by atoms with E-state index >= 15 is 0 Å². The van der Waals surface area contributed by atoms with E-state index in [4.69, 9.17) is 0 Å². The van der Waals surface area contributed by atoms with E-state index in [0.717, 1.165) is 0 Å². The van der Waals surface area contributed by atoms with Crippen molar-refractivity contribution in [1.82, 2.24) is 0 Å². The van der Waals surface area contributed by atoms with Crippen LogP contribution in [-0.2, 0) is 0 Å². The SMILES string of the molecule is C=C/C=C\C(=C)P(CC)C1=CC=CCC1. The van der Waals surface area contributed by atoms with E-state index in [2.05, 4.69) is 44.4 Å². The highest BCUT2D eigenvalue weighted by atomic mass is 31.1. The van der Waals surface area contributed by atoms with E-state index in [1.54, 1.807) is 5.31 Å². The Kier molecular flexibility index (Phi) is 5.36. The molecule has 0 radical (unpaired) electrons. The molecule has 0 aromatic carbocycles. The van der Waals surface area contributed by atoms with Crippen molar-refractivity contribution in [2.24, 2.45) is 0 Å². The van der Waals surface area contributed by atoms with Gasteiger partial charge in [0, 0.05) is 0 Å². The molecule has 0 aromatic rings. The first-order valence-electron chi connectivity index (χ1n) is 5.40. The molecule has 0 heterocycles. The van der Waals surface area contributed by atoms with Gasteiger partial charge in [0.05, 0.1) is 0 Å². The summed E-state index contributed by atoms with van der Waals surface area (Å²) in [6, 6.07) is 0. The minimum absolute atomic E-state index is 0.169. The molecule has 0 nitrogen and oxygen atoms in total. The lowest BCUT2D eigenvalue weighted by Crippen LogP contribution is -1.90. The number of rotatable bonds is 5. The Bertz CT molecular complexity index is 318. The molecule has 0 amide bonds. The van der Waals surface area contributed by atoms with Gasteiger partial charge in [-0.2, -0.15) is 0 Å². The lowest BCUT2D eigenvalue weighted by Gasteiger charge is -2.21. The summed E-state index contributed by atoms with van der Waals surface area (Å²) in [6.07, 6.45) is 16.1. The molecule has 1 atom stereocenters. The van der Waals surface area contributed by atoms with Crippen LogP contribution in [0.5, 0.6) is 0 Å². The third kappa shape index (κ3) is 3.64. The van der Waals surface area contributed by atoms with Crippen LogP contribution in [0.25, 0.3) is 0 Å². The largest absolute Gasteiger partial charge is 0.0991 e. The predicted octanol–water partition coefficient (Wildman–Crippen LogP) is 4.98. The van der Waals surface area contributed by atoms with Gasteiger partial charge in [-0.3, -0.25) is 0 Å². The second-order valence-electron chi connectivity index (χ2n) is 3.46. The van der Waals surface area contributed by atoms with Crippen LogP contribution < -0.4 is 0 Å². The van der Waals surface area contributed by atoms with Gasteiger partial charge >= 0.3 is 0 Å². The second kappa shape index (κ2) is 6.58. The Morgan fingerprint density at radius 1 is 1.60 bits per heavy atom. The molecule has 0 aliphatic heterocycles. The molecule has 1 aliphatic carbocycles. The quantitative estimate of drug-likeness (QED) is 0.451. The predicted molar refractivity (Wildman–Crippen MR) is 72.4 cm³/mol. The first kappa shape index (κ1) is 12.2. The summed E-state index contributed by atoms with van der Waals surface area (Å²) in [6.45, 7) is 10.1. The number of hydrogen-bond acceptors (Lipinski definition) is 0. The van der Waals surface area contributed by atoms with Gasteiger partial charge in [-0.05, 0) is 37.6 Å². The highest BCUT2D eigenvalue weighted by Crippen LogP contribution is 2.54. The summed E-state index contributed by atoms with van der Waals surface area (Å²) in [5.41, 5.74) is 0. The molecule has 0 saturated heterocycles. The van der Waals surface area contributed by atoms with E-state index in [-0.39, 0.29) is 7.92 Å². The van der Waals surface area contributed by atoms with Crippen LogP contribution in [0.4, 0.5) is 0 Å². The average Bonchev–Trinajstić information content (AvgIpc) is 2.29. The Morgan fingerprint density at radius 3 is 2.93 bits per heavy atom. The van der Waals surface area contributed by atoms with Gasteiger partial charge in [0.25, 0.3) is 0 Å². The zero-order valence-electron chi connectivity index (χ0n) is 9.45. The summed E-state index contributed by atoms with van der Waals surface area (Å²) in [5.74, 6) is 0. The maximum absolute atomic E-state index is 4.17. The van der Waals surface area contributed by atoms with Crippen LogP contribution in [0, 0.1) is 0 Å². The Hall–Kier alpha value is -0.870. The number of hydrogen-bond donors (Lipinski definition) is 0. The standard InChI is InChI=1S/C14H19P/c1-4-6-10-13(3)15(5-2)14-11-8-7-9-12-14/h4,6-8,10-11H,1,3,5,9,12H2,2H3/b10-6-. The summed E-state index contributed by atoms with van der Waals surface area (Å²) in [4.78, 5) is 0. The van der Waals surface area contributed by atoms with Crippen LogP contribution in [0.15, 0.2) is 60.2 Å². The first-order chi connectivity index (χ1) is 7.29. The van der Waals surface area contributed by atoms with Gasteiger partial charge in [-0.1, -0.05) is 56.5 Å². The van der Waals surface area contributed by atoms with Gasteiger partial charge in [0.15, 0.2) is 0 Å². The molecular formula is C14H19P. The lowest BCUT2D eigenvalue weighted by molar-refractivity contribution is 1.01. The highest BCUT2D eigenvalue weighted by molar-refractivity contribution is 7.66. The zero-order chi connectivity index (χ0) is 11.1. The molecule has 1 heteroatoms.